The summed E-state index contributed by atoms with van der Waals surface area (Å²) < 4.78 is 5.03. The maximum Gasteiger partial charge on any atom is 0.338 e. The summed E-state index contributed by atoms with van der Waals surface area (Å²) in [5.41, 5.74) is 3.07. The Kier molecular flexibility index (Phi) is 3.74. The Morgan fingerprint density at radius 1 is 1.42 bits per heavy atom. The molecule has 19 heavy (non-hydrogen) atoms. The molecule has 1 unspecified atom stereocenters. The zero-order valence-electron chi connectivity index (χ0n) is 11.0. The van der Waals surface area contributed by atoms with Gasteiger partial charge in [-0.3, -0.25) is 0 Å². The predicted molar refractivity (Wildman–Crippen MR) is 70.5 cm³/mol. The zero-order chi connectivity index (χ0) is 14.0. The highest BCUT2D eigenvalue weighted by Crippen LogP contribution is 2.30. The molecule has 0 amide bonds. The Hall–Kier alpha value is -2.04. The van der Waals surface area contributed by atoms with E-state index >= 15 is 0 Å². The number of nitrogens with one attached hydrogen (secondary N) is 1. The summed E-state index contributed by atoms with van der Waals surface area (Å²) in [5, 5.41) is 12.0. The second kappa shape index (κ2) is 5.30. The molecule has 0 saturated heterocycles. The monoisotopic (exact) mass is 263 g/mol. The number of anilines is 1. The second-order valence-electron chi connectivity index (χ2n) is 4.48. The minimum Gasteiger partial charge on any atom is -0.480 e. The summed E-state index contributed by atoms with van der Waals surface area (Å²) in [6, 6.07) is 2.99. The van der Waals surface area contributed by atoms with Crippen molar-refractivity contribution in [2.45, 2.75) is 32.7 Å². The summed E-state index contributed by atoms with van der Waals surface area (Å²) >= 11 is 0. The van der Waals surface area contributed by atoms with Gasteiger partial charge in [0, 0.05) is 12.1 Å². The summed E-state index contributed by atoms with van der Waals surface area (Å²) in [6.07, 6.45) is 1.09. The molecule has 0 bridgehead atoms. The summed E-state index contributed by atoms with van der Waals surface area (Å²) in [6.45, 7) is 4.04. The standard InChI is InChI=1S/C14H17NO4/c1-3-8-6-11-9(7-12(15-11)13(16)17)5-10(8)14(18)19-4-2/h5-6,12,15H,3-4,7H2,1-2H3,(H,16,17). The lowest BCUT2D eigenvalue weighted by Crippen LogP contribution is -2.26. The van der Waals surface area contributed by atoms with Crippen LogP contribution < -0.4 is 5.32 Å². The molecular weight excluding hydrogens is 246 g/mol. The van der Waals surface area contributed by atoms with Crippen molar-refractivity contribution >= 4 is 17.6 Å². The van der Waals surface area contributed by atoms with Crippen molar-refractivity contribution < 1.29 is 19.4 Å². The average Bonchev–Trinajstić information content (AvgIpc) is 2.80. The fourth-order valence-corrected chi connectivity index (χ4v) is 2.29. The van der Waals surface area contributed by atoms with Crippen LogP contribution in [-0.2, 0) is 22.4 Å². The van der Waals surface area contributed by atoms with Gasteiger partial charge in [-0.2, -0.15) is 0 Å². The number of rotatable bonds is 4. The van der Waals surface area contributed by atoms with Crippen molar-refractivity contribution in [1.29, 1.82) is 0 Å². The number of aliphatic carboxylic acids is 1. The van der Waals surface area contributed by atoms with E-state index in [-0.39, 0.29) is 5.97 Å². The van der Waals surface area contributed by atoms with E-state index in [0.29, 0.717) is 25.0 Å². The first-order valence-electron chi connectivity index (χ1n) is 6.39. The van der Waals surface area contributed by atoms with E-state index < -0.39 is 12.0 Å². The molecule has 0 radical (unpaired) electrons. The van der Waals surface area contributed by atoms with Gasteiger partial charge in [0.2, 0.25) is 0 Å². The summed E-state index contributed by atoms with van der Waals surface area (Å²) in [4.78, 5) is 22.9. The molecule has 0 spiro atoms. The van der Waals surface area contributed by atoms with Crippen molar-refractivity contribution in [1.82, 2.24) is 0 Å². The maximum atomic E-state index is 11.9. The third-order valence-electron chi connectivity index (χ3n) is 3.26. The molecule has 0 saturated carbocycles. The van der Waals surface area contributed by atoms with Crippen LogP contribution in [0.3, 0.4) is 0 Å². The first kappa shape index (κ1) is 13.4. The maximum absolute atomic E-state index is 11.9. The lowest BCUT2D eigenvalue weighted by Gasteiger charge is -2.10. The number of hydrogen-bond acceptors (Lipinski definition) is 4. The number of carbonyl (C=O) groups is 2. The Morgan fingerprint density at radius 3 is 2.74 bits per heavy atom. The second-order valence-corrected chi connectivity index (χ2v) is 4.48. The fourth-order valence-electron chi connectivity index (χ4n) is 2.29. The van der Waals surface area contributed by atoms with Crippen molar-refractivity contribution in [3.8, 4) is 0 Å². The normalized spacial score (nSPS) is 16.6. The highest BCUT2D eigenvalue weighted by Gasteiger charge is 2.28. The Bertz CT molecular complexity index is 524. The van der Waals surface area contributed by atoms with Gasteiger partial charge in [-0.15, -0.1) is 0 Å². The number of carbonyl (C=O) groups excluding carboxylic acids is 1. The van der Waals surface area contributed by atoms with E-state index in [2.05, 4.69) is 5.32 Å². The number of esters is 1. The molecule has 2 N–H and O–H groups in total. The van der Waals surface area contributed by atoms with Gasteiger partial charge < -0.3 is 15.2 Å². The van der Waals surface area contributed by atoms with Gasteiger partial charge in [0.1, 0.15) is 6.04 Å². The van der Waals surface area contributed by atoms with E-state index in [4.69, 9.17) is 9.84 Å². The largest absolute Gasteiger partial charge is 0.480 e. The molecule has 2 rings (SSSR count). The van der Waals surface area contributed by atoms with Gasteiger partial charge >= 0.3 is 11.9 Å². The number of hydrogen-bond donors (Lipinski definition) is 2. The molecule has 5 nitrogen and oxygen atoms in total. The molecule has 1 aliphatic heterocycles. The highest BCUT2D eigenvalue weighted by molar-refractivity contribution is 5.93. The van der Waals surface area contributed by atoms with Crippen LogP contribution in [0.15, 0.2) is 12.1 Å². The number of fused-ring (bicyclic) bond motifs is 1. The van der Waals surface area contributed by atoms with Gasteiger partial charge in [0.05, 0.1) is 12.2 Å². The molecule has 1 heterocycles. The summed E-state index contributed by atoms with van der Waals surface area (Å²) in [7, 11) is 0. The smallest absolute Gasteiger partial charge is 0.338 e. The molecule has 1 atom stereocenters. The van der Waals surface area contributed by atoms with Crippen molar-refractivity contribution in [3.05, 3.63) is 28.8 Å². The van der Waals surface area contributed by atoms with Crippen molar-refractivity contribution in [3.63, 3.8) is 0 Å². The predicted octanol–water partition coefficient (Wildman–Crippen LogP) is 1.85. The fraction of sp³-hybridized carbons (Fsp3) is 0.429. The molecule has 1 aromatic carbocycles. The minimum atomic E-state index is -0.882. The lowest BCUT2D eigenvalue weighted by atomic mass is 9.99. The van der Waals surface area contributed by atoms with E-state index in [1.165, 1.54) is 0 Å². The Labute approximate surface area is 111 Å². The van der Waals surface area contributed by atoms with E-state index in [9.17, 15) is 9.59 Å². The van der Waals surface area contributed by atoms with Crippen LogP contribution in [0.5, 0.6) is 0 Å². The molecular formula is C14H17NO4. The van der Waals surface area contributed by atoms with Crippen LogP contribution in [0.2, 0.25) is 0 Å². The van der Waals surface area contributed by atoms with Crippen LogP contribution in [0.1, 0.15) is 35.3 Å². The third kappa shape index (κ3) is 2.54. The molecule has 0 fully saturated rings. The number of aryl methyl sites for hydroxylation is 1. The number of carboxylic acids is 1. The van der Waals surface area contributed by atoms with Crippen molar-refractivity contribution in [2.24, 2.45) is 0 Å². The molecule has 1 aliphatic rings. The van der Waals surface area contributed by atoms with Gasteiger partial charge in [-0.05, 0) is 36.6 Å². The van der Waals surface area contributed by atoms with Crippen LogP contribution in [0, 0.1) is 0 Å². The summed E-state index contributed by atoms with van der Waals surface area (Å²) in [5.74, 6) is -1.23. The number of ether oxygens (including phenoxy) is 1. The quantitative estimate of drug-likeness (QED) is 0.811. The average molecular weight is 263 g/mol. The SMILES string of the molecule is CCOC(=O)c1cc2c(cc1CC)NC(C(=O)O)C2. The highest BCUT2D eigenvalue weighted by atomic mass is 16.5. The first-order chi connectivity index (χ1) is 9.06. The lowest BCUT2D eigenvalue weighted by molar-refractivity contribution is -0.137. The molecule has 0 aromatic heterocycles. The van der Waals surface area contributed by atoms with Gasteiger partial charge in [-0.25, -0.2) is 9.59 Å². The topological polar surface area (TPSA) is 75.6 Å². The Balaban J connectivity index is 2.36. The van der Waals surface area contributed by atoms with E-state index in [1.54, 1.807) is 13.0 Å². The molecule has 5 heteroatoms. The number of benzene rings is 1. The van der Waals surface area contributed by atoms with Gasteiger partial charge in [0.25, 0.3) is 0 Å². The molecule has 1 aromatic rings. The minimum absolute atomic E-state index is 0.328. The van der Waals surface area contributed by atoms with Crippen LogP contribution in [0.25, 0.3) is 0 Å². The molecule has 0 aliphatic carbocycles. The van der Waals surface area contributed by atoms with Crippen molar-refractivity contribution in [2.75, 3.05) is 11.9 Å². The van der Waals surface area contributed by atoms with E-state index in [0.717, 1.165) is 16.8 Å². The van der Waals surface area contributed by atoms with Gasteiger partial charge in [0.15, 0.2) is 0 Å². The van der Waals surface area contributed by atoms with Gasteiger partial charge in [-0.1, -0.05) is 6.92 Å². The Morgan fingerprint density at radius 2 is 2.16 bits per heavy atom. The molecule has 102 valence electrons. The zero-order valence-corrected chi connectivity index (χ0v) is 11.0. The first-order valence-corrected chi connectivity index (χ1v) is 6.39. The number of carboxylic acid groups (broad SMARTS) is 1. The van der Waals surface area contributed by atoms with Crippen LogP contribution in [0.4, 0.5) is 5.69 Å². The van der Waals surface area contributed by atoms with E-state index in [1.807, 2.05) is 13.0 Å². The van der Waals surface area contributed by atoms with Crippen LogP contribution >= 0.6 is 0 Å². The third-order valence-corrected chi connectivity index (χ3v) is 3.26. The van der Waals surface area contributed by atoms with Crippen LogP contribution in [-0.4, -0.2) is 29.7 Å².